The highest BCUT2D eigenvalue weighted by atomic mass is 16.4. The number of amides is 1. The van der Waals surface area contributed by atoms with E-state index in [1.54, 1.807) is 6.92 Å². The fraction of sp³-hybridized carbons (Fsp3) is 0.529. The molecule has 0 bridgehead atoms. The van der Waals surface area contributed by atoms with Crippen LogP contribution in [0, 0.1) is 5.92 Å². The average Bonchev–Trinajstić information content (AvgIpc) is 2.53. The summed E-state index contributed by atoms with van der Waals surface area (Å²) < 4.78 is 0. The Kier molecular flexibility index (Phi) is 5.41. The molecule has 0 aliphatic carbocycles. The van der Waals surface area contributed by atoms with Crippen LogP contribution in [0.4, 0.5) is 11.4 Å². The van der Waals surface area contributed by atoms with E-state index in [2.05, 4.69) is 4.90 Å². The van der Waals surface area contributed by atoms with E-state index >= 15 is 0 Å². The quantitative estimate of drug-likeness (QED) is 0.908. The highest BCUT2D eigenvalue weighted by Crippen LogP contribution is 2.24. The summed E-state index contributed by atoms with van der Waals surface area (Å²) in [6, 6.07) is 7.84. The molecular formula is C17H24N2O3. The highest BCUT2D eigenvalue weighted by Gasteiger charge is 2.20. The van der Waals surface area contributed by atoms with Gasteiger partial charge in [0.05, 0.1) is 5.92 Å². The molecule has 1 fully saturated rings. The van der Waals surface area contributed by atoms with Crippen LogP contribution in [-0.4, -0.2) is 36.6 Å². The predicted octanol–water partition coefficient (Wildman–Crippen LogP) is 2.75. The Hall–Kier alpha value is -2.04. The van der Waals surface area contributed by atoms with Crippen molar-refractivity contribution < 1.29 is 14.7 Å². The van der Waals surface area contributed by atoms with Crippen molar-refractivity contribution in [3.05, 3.63) is 24.3 Å². The summed E-state index contributed by atoms with van der Waals surface area (Å²) in [6.07, 6.45) is 3.73. The van der Waals surface area contributed by atoms with Gasteiger partial charge in [-0.1, -0.05) is 6.92 Å². The van der Waals surface area contributed by atoms with E-state index < -0.39 is 11.9 Å². The number of hydrogen-bond donors (Lipinski definition) is 1. The molecule has 22 heavy (non-hydrogen) atoms. The summed E-state index contributed by atoms with van der Waals surface area (Å²) in [5.41, 5.74) is 1.92. The normalized spacial score (nSPS) is 16.2. The molecule has 5 heteroatoms. The molecule has 1 aliphatic heterocycles. The van der Waals surface area contributed by atoms with Crippen LogP contribution in [0.1, 0.15) is 33.1 Å². The molecule has 1 N–H and O–H groups in total. The molecule has 120 valence electrons. The molecule has 1 saturated heterocycles. The van der Waals surface area contributed by atoms with E-state index in [1.165, 1.54) is 36.8 Å². The monoisotopic (exact) mass is 304 g/mol. The van der Waals surface area contributed by atoms with Crippen LogP contribution in [0.3, 0.4) is 0 Å². The van der Waals surface area contributed by atoms with Gasteiger partial charge >= 0.3 is 5.97 Å². The Balaban J connectivity index is 2.11. The SMILES string of the molecule is CC(=O)N(CC(C)C(=O)O)c1ccc(N2CCCCC2)cc1. The number of carbonyl (C=O) groups is 2. The molecule has 5 nitrogen and oxygen atoms in total. The molecule has 1 aliphatic rings. The lowest BCUT2D eigenvalue weighted by molar-refractivity contribution is -0.140. The molecule has 1 unspecified atom stereocenters. The maximum atomic E-state index is 11.8. The van der Waals surface area contributed by atoms with Gasteiger partial charge in [-0.3, -0.25) is 9.59 Å². The minimum absolute atomic E-state index is 0.140. The molecule has 0 spiro atoms. The van der Waals surface area contributed by atoms with Crippen molar-refractivity contribution in [1.82, 2.24) is 0 Å². The molecule has 0 aromatic heterocycles. The van der Waals surface area contributed by atoms with Crippen molar-refractivity contribution in [2.45, 2.75) is 33.1 Å². The van der Waals surface area contributed by atoms with Gasteiger partial charge in [-0.2, -0.15) is 0 Å². The lowest BCUT2D eigenvalue weighted by atomic mass is 10.1. The van der Waals surface area contributed by atoms with Gasteiger partial charge in [0.15, 0.2) is 0 Å². The third-order valence-electron chi connectivity index (χ3n) is 4.14. The van der Waals surface area contributed by atoms with E-state index in [4.69, 9.17) is 5.11 Å². The Morgan fingerprint density at radius 2 is 1.77 bits per heavy atom. The second-order valence-electron chi connectivity index (χ2n) is 5.93. The molecule has 1 aromatic carbocycles. The zero-order valence-corrected chi connectivity index (χ0v) is 13.3. The number of carboxylic acids is 1. The number of rotatable bonds is 5. The summed E-state index contributed by atoms with van der Waals surface area (Å²) in [7, 11) is 0. The van der Waals surface area contributed by atoms with Gasteiger partial charge in [-0.15, -0.1) is 0 Å². The lowest BCUT2D eigenvalue weighted by Gasteiger charge is -2.29. The predicted molar refractivity (Wildman–Crippen MR) is 87.3 cm³/mol. The van der Waals surface area contributed by atoms with Gasteiger partial charge < -0.3 is 14.9 Å². The van der Waals surface area contributed by atoms with E-state index in [9.17, 15) is 9.59 Å². The molecule has 0 saturated carbocycles. The molecule has 1 aromatic rings. The molecule has 2 rings (SSSR count). The van der Waals surface area contributed by atoms with Gasteiger partial charge in [0.1, 0.15) is 0 Å². The van der Waals surface area contributed by atoms with Crippen molar-refractivity contribution in [2.24, 2.45) is 5.92 Å². The summed E-state index contributed by atoms with van der Waals surface area (Å²) in [5.74, 6) is -1.62. The van der Waals surface area contributed by atoms with Crippen LogP contribution < -0.4 is 9.80 Å². The number of nitrogens with zero attached hydrogens (tertiary/aromatic N) is 2. The van der Waals surface area contributed by atoms with Gasteiger partial charge in [-0.25, -0.2) is 0 Å². The molecule has 1 amide bonds. The Morgan fingerprint density at radius 1 is 1.18 bits per heavy atom. The van der Waals surface area contributed by atoms with Gasteiger partial charge in [0.2, 0.25) is 5.91 Å². The van der Waals surface area contributed by atoms with Crippen molar-refractivity contribution in [3.8, 4) is 0 Å². The fourth-order valence-corrected chi connectivity index (χ4v) is 2.76. The number of anilines is 2. The molecule has 1 heterocycles. The first-order valence-corrected chi connectivity index (χ1v) is 7.85. The van der Waals surface area contributed by atoms with Crippen LogP contribution in [0.5, 0.6) is 0 Å². The summed E-state index contributed by atoms with van der Waals surface area (Å²) in [6.45, 7) is 5.42. The van der Waals surface area contributed by atoms with Gasteiger partial charge in [0.25, 0.3) is 0 Å². The summed E-state index contributed by atoms with van der Waals surface area (Å²) in [5, 5.41) is 9.03. The van der Waals surface area contributed by atoms with Crippen molar-refractivity contribution in [2.75, 3.05) is 29.4 Å². The lowest BCUT2D eigenvalue weighted by Crippen LogP contribution is -2.35. The Bertz CT molecular complexity index is 521. The minimum Gasteiger partial charge on any atom is -0.481 e. The first kappa shape index (κ1) is 16.3. The Morgan fingerprint density at radius 3 is 2.27 bits per heavy atom. The maximum Gasteiger partial charge on any atom is 0.308 e. The third-order valence-corrected chi connectivity index (χ3v) is 4.14. The largest absolute Gasteiger partial charge is 0.481 e. The molecule has 1 atom stereocenters. The van der Waals surface area contributed by atoms with E-state index in [0.717, 1.165) is 18.8 Å². The van der Waals surface area contributed by atoms with Crippen molar-refractivity contribution in [3.63, 3.8) is 0 Å². The molecule has 0 radical (unpaired) electrons. The van der Waals surface area contributed by atoms with E-state index in [1.807, 2.05) is 24.3 Å². The van der Waals surface area contributed by atoms with Crippen LogP contribution in [0.15, 0.2) is 24.3 Å². The zero-order valence-electron chi connectivity index (χ0n) is 13.3. The van der Waals surface area contributed by atoms with E-state index in [-0.39, 0.29) is 12.5 Å². The maximum absolute atomic E-state index is 11.8. The Labute approximate surface area is 131 Å². The van der Waals surface area contributed by atoms with Crippen LogP contribution in [0.25, 0.3) is 0 Å². The standard InChI is InChI=1S/C17H24N2O3/c1-13(17(21)22)12-19(14(2)20)16-8-6-15(7-9-16)18-10-4-3-5-11-18/h6-9,13H,3-5,10-12H2,1-2H3,(H,21,22). The third kappa shape index (κ3) is 4.00. The summed E-state index contributed by atoms with van der Waals surface area (Å²) >= 11 is 0. The van der Waals surface area contributed by atoms with Gasteiger partial charge in [0, 0.05) is 37.9 Å². The second-order valence-corrected chi connectivity index (χ2v) is 5.93. The van der Waals surface area contributed by atoms with Crippen molar-refractivity contribution >= 4 is 23.3 Å². The van der Waals surface area contributed by atoms with Crippen LogP contribution in [-0.2, 0) is 9.59 Å². The van der Waals surface area contributed by atoms with Crippen molar-refractivity contribution in [1.29, 1.82) is 0 Å². The first-order chi connectivity index (χ1) is 10.5. The van der Waals surface area contributed by atoms with Gasteiger partial charge in [-0.05, 0) is 43.5 Å². The highest BCUT2D eigenvalue weighted by molar-refractivity contribution is 5.92. The number of benzene rings is 1. The summed E-state index contributed by atoms with van der Waals surface area (Å²) in [4.78, 5) is 26.7. The smallest absolute Gasteiger partial charge is 0.308 e. The van der Waals surface area contributed by atoms with Crippen LogP contribution >= 0.6 is 0 Å². The number of piperidine rings is 1. The fourth-order valence-electron chi connectivity index (χ4n) is 2.76. The zero-order chi connectivity index (χ0) is 16.1. The molecular weight excluding hydrogens is 280 g/mol. The minimum atomic E-state index is -0.892. The average molecular weight is 304 g/mol. The number of hydrogen-bond acceptors (Lipinski definition) is 3. The number of carbonyl (C=O) groups excluding carboxylic acids is 1. The number of carboxylic acid groups (broad SMARTS) is 1. The second kappa shape index (κ2) is 7.29. The number of aliphatic carboxylic acids is 1. The first-order valence-electron chi connectivity index (χ1n) is 7.85. The van der Waals surface area contributed by atoms with E-state index in [0.29, 0.717) is 0 Å². The van der Waals surface area contributed by atoms with Crippen LogP contribution in [0.2, 0.25) is 0 Å². The topological polar surface area (TPSA) is 60.9 Å².